The molecule has 1 amide bonds. The first kappa shape index (κ1) is 11.1. The van der Waals surface area contributed by atoms with Crippen LogP contribution in [0.3, 0.4) is 0 Å². The minimum Gasteiger partial charge on any atom is -0.480 e. The van der Waals surface area contributed by atoms with Crippen LogP contribution in [0.5, 0.6) is 0 Å². The second-order valence-corrected chi connectivity index (χ2v) is 5.30. The van der Waals surface area contributed by atoms with E-state index in [1.54, 1.807) is 17.1 Å². The molecule has 2 heterocycles. The minimum absolute atomic E-state index is 0.121. The standard InChI is InChI=1S/C10H12N2O3S/c13-9(14)8-3-1-2-5-12(8)10(15)16-6-4-11-7-16/h4,6-8H,1-3,5H2/p+1. The van der Waals surface area contributed by atoms with E-state index < -0.39 is 22.5 Å². The van der Waals surface area contributed by atoms with Crippen molar-refractivity contribution < 1.29 is 14.7 Å². The molecule has 5 nitrogen and oxygen atoms in total. The highest BCUT2D eigenvalue weighted by Crippen LogP contribution is 2.25. The van der Waals surface area contributed by atoms with Gasteiger partial charge in [-0.05, 0) is 19.3 Å². The largest absolute Gasteiger partial charge is 0.480 e. The number of thiazole rings is 1. The van der Waals surface area contributed by atoms with Crippen LogP contribution >= 0.6 is 10.5 Å². The van der Waals surface area contributed by atoms with Gasteiger partial charge in [0, 0.05) is 6.54 Å². The molecular formula is C10H13N2O3S+. The van der Waals surface area contributed by atoms with E-state index in [0.717, 1.165) is 12.8 Å². The average Bonchev–Trinajstić information content (AvgIpc) is 2.81. The van der Waals surface area contributed by atoms with Gasteiger partial charge in [-0.25, -0.2) is 14.6 Å². The molecule has 0 saturated carbocycles. The molecule has 1 aromatic rings. The van der Waals surface area contributed by atoms with Crippen LogP contribution in [0.4, 0.5) is 4.79 Å². The fourth-order valence-electron chi connectivity index (χ4n) is 1.88. The van der Waals surface area contributed by atoms with Gasteiger partial charge in [-0.2, -0.15) is 0 Å². The zero-order valence-corrected chi connectivity index (χ0v) is 9.52. The van der Waals surface area contributed by atoms with E-state index >= 15 is 0 Å². The Morgan fingerprint density at radius 2 is 2.25 bits per heavy atom. The lowest BCUT2D eigenvalue weighted by Gasteiger charge is -2.29. The van der Waals surface area contributed by atoms with E-state index in [-0.39, 0.29) is 5.24 Å². The molecule has 6 heteroatoms. The van der Waals surface area contributed by atoms with Crippen molar-refractivity contribution in [3.63, 3.8) is 0 Å². The fourth-order valence-corrected chi connectivity index (χ4v) is 3.05. The third-order valence-corrected chi connectivity index (χ3v) is 4.09. The Bertz CT molecular complexity index is 391. The Morgan fingerprint density at radius 3 is 2.88 bits per heavy atom. The van der Waals surface area contributed by atoms with Crippen LogP contribution in [0.1, 0.15) is 19.3 Å². The van der Waals surface area contributed by atoms with Crippen molar-refractivity contribution in [2.24, 2.45) is 0 Å². The number of carboxylic acids is 1. The molecule has 1 saturated heterocycles. The van der Waals surface area contributed by atoms with Crippen molar-refractivity contribution in [1.29, 1.82) is 0 Å². The van der Waals surface area contributed by atoms with E-state index in [0.29, 0.717) is 13.0 Å². The van der Waals surface area contributed by atoms with Gasteiger partial charge in [-0.15, -0.1) is 0 Å². The molecule has 2 atom stereocenters. The van der Waals surface area contributed by atoms with E-state index in [1.807, 2.05) is 0 Å². The summed E-state index contributed by atoms with van der Waals surface area (Å²) in [6.07, 6.45) is 3.89. The summed E-state index contributed by atoms with van der Waals surface area (Å²) < 4.78 is 0. The Hall–Kier alpha value is -1.43. The Balaban J connectivity index is 2.17. The van der Waals surface area contributed by atoms with Gasteiger partial charge in [0.15, 0.2) is 5.38 Å². The minimum atomic E-state index is -0.906. The quantitative estimate of drug-likeness (QED) is 0.800. The number of carboxylic acid groups (broad SMARTS) is 1. The summed E-state index contributed by atoms with van der Waals surface area (Å²) in [5, 5.41) is 10.7. The van der Waals surface area contributed by atoms with Gasteiger partial charge >= 0.3 is 11.2 Å². The van der Waals surface area contributed by atoms with E-state index in [2.05, 4.69) is 4.98 Å². The molecular weight excluding hydrogens is 228 g/mol. The maximum atomic E-state index is 12.0. The summed E-state index contributed by atoms with van der Waals surface area (Å²) in [5.74, 6) is -0.906. The second-order valence-electron chi connectivity index (χ2n) is 3.72. The molecule has 1 fully saturated rings. The number of carbonyl (C=O) groups is 2. The first-order valence-corrected chi connectivity index (χ1v) is 6.50. The molecule has 1 aliphatic heterocycles. The molecule has 0 aromatic carbocycles. The molecule has 0 radical (unpaired) electrons. The zero-order chi connectivity index (χ0) is 11.5. The van der Waals surface area contributed by atoms with Crippen LogP contribution in [0.2, 0.25) is 0 Å². The summed E-state index contributed by atoms with van der Waals surface area (Å²) in [6.45, 7) is 0.543. The van der Waals surface area contributed by atoms with Crippen molar-refractivity contribution in [2.45, 2.75) is 25.3 Å². The van der Waals surface area contributed by atoms with E-state index in [4.69, 9.17) is 5.11 Å². The SMILES string of the molecule is O=C(O)C1CCCCN1C(=O)[s+]1ccnc1. The summed E-state index contributed by atoms with van der Waals surface area (Å²) >= 11 is 0. The highest BCUT2D eigenvalue weighted by atomic mass is 32.2. The molecule has 1 aliphatic rings. The van der Waals surface area contributed by atoms with Crippen LogP contribution in [0, 0.1) is 0 Å². The second kappa shape index (κ2) is 4.61. The van der Waals surface area contributed by atoms with Crippen LogP contribution in [-0.2, 0) is 4.79 Å². The van der Waals surface area contributed by atoms with Gasteiger partial charge < -0.3 is 5.11 Å². The first-order valence-electron chi connectivity index (χ1n) is 5.15. The van der Waals surface area contributed by atoms with E-state index in [1.165, 1.54) is 4.90 Å². The van der Waals surface area contributed by atoms with Crippen LogP contribution in [0.25, 0.3) is 0 Å². The highest BCUT2D eigenvalue weighted by Gasteiger charge is 2.37. The zero-order valence-electron chi connectivity index (χ0n) is 8.70. The number of aliphatic carboxylic acids is 1. The molecule has 1 aromatic heterocycles. The van der Waals surface area contributed by atoms with E-state index in [9.17, 15) is 9.59 Å². The van der Waals surface area contributed by atoms with Crippen molar-refractivity contribution >= 4 is 21.7 Å². The summed E-state index contributed by atoms with van der Waals surface area (Å²) in [6, 6.07) is -0.656. The number of likely N-dealkylation sites (tertiary alicyclic amines) is 1. The number of hydrogen-bond acceptors (Lipinski definition) is 3. The monoisotopic (exact) mass is 241 g/mol. The lowest BCUT2D eigenvalue weighted by Crippen LogP contribution is -2.46. The first-order chi connectivity index (χ1) is 7.70. The number of carbonyl (C=O) groups excluding carboxylic acids is 1. The van der Waals surface area contributed by atoms with Gasteiger partial charge in [-0.1, -0.05) is 0 Å². The number of nitrogens with zero attached hydrogens (tertiary/aromatic N) is 2. The van der Waals surface area contributed by atoms with Gasteiger partial charge in [0.2, 0.25) is 5.51 Å². The van der Waals surface area contributed by atoms with Gasteiger partial charge in [0.25, 0.3) is 0 Å². The number of rotatable bonds is 2. The Morgan fingerprint density at radius 1 is 1.44 bits per heavy atom. The number of aromatic nitrogens is 1. The smallest absolute Gasteiger partial charge is 0.460 e. The normalized spacial score (nSPS) is 21.9. The Kier molecular flexibility index (Phi) is 3.19. The molecule has 86 valence electrons. The third-order valence-electron chi connectivity index (χ3n) is 2.69. The van der Waals surface area contributed by atoms with Crippen molar-refractivity contribution in [3.05, 3.63) is 17.1 Å². The molecule has 0 bridgehead atoms. The average molecular weight is 241 g/mol. The predicted molar refractivity (Wildman–Crippen MR) is 59.5 cm³/mol. The lowest BCUT2D eigenvalue weighted by atomic mass is 10.0. The van der Waals surface area contributed by atoms with Gasteiger partial charge in [0.05, 0.1) is 16.7 Å². The lowest BCUT2D eigenvalue weighted by molar-refractivity contribution is -0.143. The number of piperidine rings is 1. The fraction of sp³-hybridized carbons (Fsp3) is 0.500. The predicted octanol–water partition coefficient (Wildman–Crippen LogP) is 1.74. The van der Waals surface area contributed by atoms with Crippen molar-refractivity contribution in [3.8, 4) is 0 Å². The number of amides is 1. The maximum Gasteiger partial charge on any atom is 0.460 e. The van der Waals surface area contributed by atoms with Crippen LogP contribution < -0.4 is 0 Å². The molecule has 0 aliphatic carbocycles. The van der Waals surface area contributed by atoms with Gasteiger partial charge in [-0.3, -0.25) is 4.90 Å². The molecule has 16 heavy (non-hydrogen) atoms. The third kappa shape index (κ3) is 2.06. The van der Waals surface area contributed by atoms with Crippen LogP contribution in [0.15, 0.2) is 17.1 Å². The summed E-state index contributed by atoms with van der Waals surface area (Å²) in [4.78, 5) is 28.4. The molecule has 2 unspecified atom stereocenters. The Labute approximate surface area is 95.7 Å². The topological polar surface area (TPSA) is 70.5 Å². The van der Waals surface area contributed by atoms with Crippen molar-refractivity contribution in [1.82, 2.24) is 9.88 Å². The highest BCUT2D eigenvalue weighted by molar-refractivity contribution is 7.48. The molecule has 1 N–H and O–H groups in total. The van der Waals surface area contributed by atoms with Crippen LogP contribution in [-0.4, -0.2) is 38.8 Å². The number of hydrogen-bond donors (Lipinski definition) is 1. The molecule has 2 rings (SSSR count). The molecule has 0 spiro atoms. The summed E-state index contributed by atoms with van der Waals surface area (Å²) in [7, 11) is -0.655. The maximum absolute atomic E-state index is 12.0. The van der Waals surface area contributed by atoms with Crippen molar-refractivity contribution in [2.75, 3.05) is 6.54 Å². The van der Waals surface area contributed by atoms with Gasteiger partial charge in [0.1, 0.15) is 6.04 Å². The summed E-state index contributed by atoms with van der Waals surface area (Å²) in [5.41, 5.74) is 1.58.